The number of carbonyl (C=O) groups excluding carboxylic acids is 2. The van der Waals surface area contributed by atoms with E-state index >= 15 is 0 Å². The first-order chi connectivity index (χ1) is 18.1. The molecule has 7 aromatic rings. The van der Waals surface area contributed by atoms with Crippen molar-refractivity contribution in [2.75, 3.05) is 13.2 Å². The Labute approximate surface area is 220 Å². The molecule has 0 fully saturated rings. The molecule has 7 rings (SSSR count). The SMILES string of the molecule is CCOC(=O)c1c2c3cccc4cccc(c2c(C(=O)OCC)c2c5ccc(Br)c6cccc(c12)c65)c43. The lowest BCUT2D eigenvalue weighted by molar-refractivity contribution is 0.0518. The molecule has 0 unspecified atom stereocenters. The van der Waals surface area contributed by atoms with E-state index in [1.165, 1.54) is 0 Å². The second-order valence-corrected chi connectivity index (χ2v) is 10.1. The summed E-state index contributed by atoms with van der Waals surface area (Å²) in [5, 5.41) is 10.8. The van der Waals surface area contributed by atoms with Crippen molar-refractivity contribution in [2.24, 2.45) is 0 Å². The normalized spacial score (nSPS) is 12.1. The van der Waals surface area contributed by atoms with Crippen molar-refractivity contribution in [2.45, 2.75) is 13.8 Å². The molecule has 5 heteroatoms. The minimum Gasteiger partial charge on any atom is -0.462 e. The molecule has 0 heterocycles. The Hall–Kier alpha value is -3.96. The number of rotatable bonds is 4. The van der Waals surface area contributed by atoms with Gasteiger partial charge in [0.1, 0.15) is 0 Å². The first-order valence-corrected chi connectivity index (χ1v) is 13.2. The summed E-state index contributed by atoms with van der Waals surface area (Å²) < 4.78 is 12.3. The van der Waals surface area contributed by atoms with Gasteiger partial charge in [0.25, 0.3) is 0 Å². The summed E-state index contributed by atoms with van der Waals surface area (Å²) in [5.74, 6) is -0.779. The van der Waals surface area contributed by atoms with Gasteiger partial charge in [-0.05, 0) is 63.0 Å². The Bertz CT molecular complexity index is 1950. The molecule has 0 amide bonds. The van der Waals surface area contributed by atoms with Crippen LogP contribution in [-0.4, -0.2) is 25.2 Å². The number of hydrogen-bond acceptors (Lipinski definition) is 4. The van der Waals surface area contributed by atoms with Crippen molar-refractivity contribution in [3.8, 4) is 0 Å². The maximum absolute atomic E-state index is 13.8. The lowest BCUT2D eigenvalue weighted by Crippen LogP contribution is -2.10. The third-order valence-electron chi connectivity index (χ3n) is 7.43. The zero-order chi connectivity index (χ0) is 25.4. The maximum Gasteiger partial charge on any atom is 0.339 e. The molecule has 0 N–H and O–H groups in total. The van der Waals surface area contributed by atoms with Crippen molar-refractivity contribution in [1.29, 1.82) is 0 Å². The average Bonchev–Trinajstić information content (AvgIpc) is 3.41. The molecular weight excluding hydrogens is 528 g/mol. The highest BCUT2D eigenvalue weighted by Crippen LogP contribution is 2.50. The van der Waals surface area contributed by atoms with Crippen LogP contribution in [0.25, 0.3) is 64.6 Å². The second kappa shape index (κ2) is 8.02. The number of esters is 2. The standard InChI is InChI=1S/C32H21BrO4/c1-3-36-31(34)29-25-18-11-5-8-16-9-6-12-19(23(16)18)26(25)30(32(35)37-4-2)28-21-14-15-22(33)17-10-7-13-20(24(17)21)27(28)29/h5-15H,3-4H2,1-2H3. The van der Waals surface area contributed by atoms with Crippen LogP contribution in [0, 0.1) is 0 Å². The van der Waals surface area contributed by atoms with Crippen molar-refractivity contribution < 1.29 is 19.1 Å². The van der Waals surface area contributed by atoms with E-state index in [4.69, 9.17) is 9.47 Å². The van der Waals surface area contributed by atoms with Crippen LogP contribution < -0.4 is 0 Å². The predicted molar refractivity (Wildman–Crippen MR) is 153 cm³/mol. The zero-order valence-corrected chi connectivity index (χ0v) is 21.9. The van der Waals surface area contributed by atoms with E-state index in [0.717, 1.165) is 69.1 Å². The molecule has 7 aromatic carbocycles. The van der Waals surface area contributed by atoms with Crippen molar-refractivity contribution >= 4 is 92.5 Å². The fourth-order valence-electron chi connectivity index (χ4n) is 6.19. The van der Waals surface area contributed by atoms with Gasteiger partial charge in [-0.3, -0.25) is 0 Å². The number of ether oxygens (including phenoxy) is 2. The smallest absolute Gasteiger partial charge is 0.339 e. The molecule has 0 atom stereocenters. The van der Waals surface area contributed by atoms with Gasteiger partial charge >= 0.3 is 11.9 Å². The van der Waals surface area contributed by atoms with E-state index in [0.29, 0.717) is 11.1 Å². The Kier molecular flexibility index (Phi) is 4.82. The molecule has 0 spiro atoms. The van der Waals surface area contributed by atoms with Crippen LogP contribution in [0.15, 0.2) is 71.2 Å². The van der Waals surface area contributed by atoms with Crippen molar-refractivity contribution in [3.63, 3.8) is 0 Å². The summed E-state index contributed by atoms with van der Waals surface area (Å²) in [6.45, 7) is 4.13. The van der Waals surface area contributed by atoms with Gasteiger partial charge in [0.05, 0.1) is 24.3 Å². The zero-order valence-electron chi connectivity index (χ0n) is 20.3. The van der Waals surface area contributed by atoms with Crippen molar-refractivity contribution in [3.05, 3.63) is 82.3 Å². The Morgan fingerprint density at radius 1 is 0.568 bits per heavy atom. The first-order valence-electron chi connectivity index (χ1n) is 12.4. The molecule has 0 saturated carbocycles. The van der Waals surface area contributed by atoms with Crippen LogP contribution in [0.2, 0.25) is 0 Å². The molecule has 0 aliphatic heterocycles. The van der Waals surface area contributed by atoms with Gasteiger partial charge in [-0.25, -0.2) is 9.59 Å². The summed E-state index contributed by atoms with van der Waals surface area (Å²) >= 11 is 3.69. The molecule has 4 nitrogen and oxygen atoms in total. The van der Waals surface area contributed by atoms with Crippen LogP contribution >= 0.6 is 15.9 Å². The van der Waals surface area contributed by atoms with Gasteiger partial charge in [0.15, 0.2) is 0 Å². The lowest BCUT2D eigenvalue weighted by Gasteiger charge is -2.13. The molecule has 0 aliphatic rings. The molecule has 0 aromatic heterocycles. The molecule has 0 radical (unpaired) electrons. The number of benzene rings is 5. The van der Waals surface area contributed by atoms with Gasteiger partial charge < -0.3 is 9.47 Å². The average molecular weight is 549 g/mol. The second-order valence-electron chi connectivity index (χ2n) is 9.22. The summed E-state index contributed by atoms with van der Waals surface area (Å²) in [5.41, 5.74) is 1.01. The predicted octanol–water partition coefficient (Wildman–Crippen LogP) is 8.60. The largest absolute Gasteiger partial charge is 0.462 e. The number of carbonyl (C=O) groups is 2. The Balaban J connectivity index is 1.90. The maximum atomic E-state index is 13.8. The number of fused-ring (bicyclic) bond motifs is 6. The highest BCUT2D eigenvalue weighted by atomic mass is 79.9. The molecule has 37 heavy (non-hydrogen) atoms. The van der Waals surface area contributed by atoms with Crippen LogP contribution in [0.5, 0.6) is 0 Å². The summed E-state index contributed by atoms with van der Waals surface area (Å²) in [6.07, 6.45) is 0. The Morgan fingerprint density at radius 3 is 1.51 bits per heavy atom. The quantitative estimate of drug-likeness (QED) is 0.206. The first kappa shape index (κ1) is 22.3. The van der Waals surface area contributed by atoms with E-state index in [2.05, 4.69) is 34.1 Å². The fraction of sp³-hybridized carbons (Fsp3) is 0.125. The minimum absolute atomic E-state index is 0.252. The van der Waals surface area contributed by atoms with Gasteiger partial charge in [-0.15, -0.1) is 0 Å². The summed E-state index contributed by atoms with van der Waals surface area (Å²) in [7, 11) is 0. The molecule has 0 aliphatic carbocycles. The third-order valence-corrected chi connectivity index (χ3v) is 8.12. The summed E-state index contributed by atoms with van der Waals surface area (Å²) in [6, 6.07) is 22.3. The van der Waals surface area contributed by atoms with E-state index in [-0.39, 0.29) is 25.2 Å². The van der Waals surface area contributed by atoms with Crippen LogP contribution in [0.3, 0.4) is 0 Å². The fourth-order valence-corrected chi connectivity index (χ4v) is 6.65. The van der Waals surface area contributed by atoms with Gasteiger partial charge in [-0.2, -0.15) is 0 Å². The van der Waals surface area contributed by atoms with Crippen molar-refractivity contribution in [1.82, 2.24) is 0 Å². The monoisotopic (exact) mass is 548 g/mol. The van der Waals surface area contributed by atoms with E-state index in [1.807, 2.05) is 62.4 Å². The molecular formula is C32H21BrO4. The highest BCUT2D eigenvalue weighted by molar-refractivity contribution is 9.10. The third kappa shape index (κ3) is 2.83. The Morgan fingerprint density at radius 2 is 1.00 bits per heavy atom. The molecule has 0 saturated heterocycles. The van der Waals surface area contributed by atoms with E-state index in [1.54, 1.807) is 0 Å². The van der Waals surface area contributed by atoms with Gasteiger partial charge in [0.2, 0.25) is 0 Å². The van der Waals surface area contributed by atoms with Crippen LogP contribution in [0.1, 0.15) is 34.6 Å². The van der Waals surface area contributed by atoms with Crippen LogP contribution in [-0.2, 0) is 9.47 Å². The molecule has 0 bridgehead atoms. The number of halogens is 1. The van der Waals surface area contributed by atoms with E-state index in [9.17, 15) is 9.59 Å². The topological polar surface area (TPSA) is 52.6 Å². The van der Waals surface area contributed by atoms with Crippen LogP contribution in [0.4, 0.5) is 0 Å². The highest BCUT2D eigenvalue weighted by Gasteiger charge is 2.31. The summed E-state index contributed by atoms with van der Waals surface area (Å²) in [4.78, 5) is 27.7. The van der Waals surface area contributed by atoms with E-state index < -0.39 is 0 Å². The van der Waals surface area contributed by atoms with Gasteiger partial charge in [-0.1, -0.05) is 76.6 Å². The molecule has 180 valence electrons. The minimum atomic E-state index is -0.390. The van der Waals surface area contributed by atoms with Gasteiger partial charge in [0, 0.05) is 26.0 Å². The lowest BCUT2D eigenvalue weighted by atomic mass is 9.93. The number of hydrogen-bond donors (Lipinski definition) is 0.